The molecule has 0 aliphatic carbocycles. The van der Waals surface area contributed by atoms with Crippen LogP contribution in [-0.4, -0.2) is 60.4 Å². The molecule has 0 radical (unpaired) electrons. The molecule has 2 saturated heterocycles. The molecule has 0 N–H and O–H groups in total. The van der Waals surface area contributed by atoms with Gasteiger partial charge in [-0.1, -0.05) is 6.07 Å². The Morgan fingerprint density at radius 2 is 2.25 bits per heavy atom. The smallest absolute Gasteiger partial charge is 0.248 e. The molecule has 2 aliphatic rings. The first-order chi connectivity index (χ1) is 11.7. The van der Waals surface area contributed by atoms with Gasteiger partial charge < -0.3 is 19.1 Å². The molecule has 1 aromatic rings. The number of pyridine rings is 1. The number of nitrogens with zero attached hydrogens (tertiary/aromatic N) is 2. The quantitative estimate of drug-likeness (QED) is 0.794. The topological polar surface area (TPSA) is 60.9 Å². The Morgan fingerprint density at radius 1 is 1.42 bits per heavy atom. The van der Waals surface area contributed by atoms with Gasteiger partial charge in [-0.05, 0) is 31.9 Å². The maximum atomic E-state index is 12.0. The average Bonchev–Trinajstić information content (AvgIpc) is 3.02. The lowest BCUT2D eigenvalue weighted by Gasteiger charge is -2.38. The largest absolute Gasteiger partial charge is 0.372 e. The van der Waals surface area contributed by atoms with Gasteiger partial charge in [0.05, 0.1) is 30.6 Å². The molecule has 2 fully saturated rings. The fraction of sp³-hybridized carbons (Fsp3) is 0.667. The molecule has 3 heterocycles. The van der Waals surface area contributed by atoms with Crippen LogP contribution in [0, 0.1) is 0 Å². The summed E-state index contributed by atoms with van der Waals surface area (Å²) in [6.45, 7) is 5.26. The summed E-state index contributed by atoms with van der Waals surface area (Å²) in [6, 6.07) is 5.83. The predicted octanol–water partition coefficient (Wildman–Crippen LogP) is 1.78. The van der Waals surface area contributed by atoms with E-state index in [0.29, 0.717) is 19.8 Å². The van der Waals surface area contributed by atoms with Gasteiger partial charge in [0.15, 0.2) is 0 Å². The van der Waals surface area contributed by atoms with Crippen LogP contribution in [0.1, 0.15) is 31.9 Å². The van der Waals surface area contributed by atoms with Crippen LogP contribution in [-0.2, 0) is 25.6 Å². The number of amides is 1. The maximum absolute atomic E-state index is 12.0. The minimum absolute atomic E-state index is 0.0765. The Kier molecular flexibility index (Phi) is 5.81. The zero-order valence-corrected chi connectivity index (χ0v) is 14.3. The van der Waals surface area contributed by atoms with E-state index in [0.717, 1.165) is 38.0 Å². The molecular weight excluding hydrogens is 308 g/mol. The number of hydrogen-bond acceptors (Lipinski definition) is 5. The number of rotatable bonds is 6. The highest BCUT2D eigenvalue weighted by molar-refractivity contribution is 5.77. The lowest BCUT2D eigenvalue weighted by molar-refractivity contribution is -0.140. The Bertz CT molecular complexity index is 529. The second-order valence-corrected chi connectivity index (χ2v) is 6.47. The summed E-state index contributed by atoms with van der Waals surface area (Å²) in [5.74, 6) is 0.0765. The molecule has 1 amide bonds. The van der Waals surface area contributed by atoms with Crippen molar-refractivity contribution in [2.75, 3.05) is 32.9 Å². The fourth-order valence-corrected chi connectivity index (χ4v) is 3.39. The van der Waals surface area contributed by atoms with Crippen molar-refractivity contribution < 1.29 is 19.0 Å². The molecule has 3 rings (SSSR count). The zero-order valence-electron chi connectivity index (χ0n) is 14.3. The van der Waals surface area contributed by atoms with Crippen LogP contribution in [0.3, 0.4) is 0 Å². The summed E-state index contributed by atoms with van der Waals surface area (Å²) in [5.41, 5.74) is 0.812. The summed E-state index contributed by atoms with van der Waals surface area (Å²) in [6.07, 6.45) is 4.52. The van der Waals surface area contributed by atoms with Crippen molar-refractivity contribution in [3.05, 3.63) is 30.1 Å². The lowest BCUT2D eigenvalue weighted by Crippen LogP contribution is -2.47. The number of carbonyl (C=O) groups is 1. The minimum Gasteiger partial charge on any atom is -0.372 e. The molecule has 0 saturated carbocycles. The number of likely N-dealkylation sites (tertiary alicyclic amines) is 1. The molecule has 132 valence electrons. The van der Waals surface area contributed by atoms with E-state index in [-0.39, 0.29) is 24.2 Å². The van der Waals surface area contributed by atoms with Crippen LogP contribution in [0.15, 0.2) is 24.4 Å². The van der Waals surface area contributed by atoms with Crippen LogP contribution < -0.4 is 0 Å². The van der Waals surface area contributed by atoms with E-state index in [1.54, 1.807) is 6.20 Å². The second kappa shape index (κ2) is 8.05. The monoisotopic (exact) mass is 334 g/mol. The van der Waals surface area contributed by atoms with E-state index in [1.807, 2.05) is 30.0 Å². The van der Waals surface area contributed by atoms with Gasteiger partial charge in [0.25, 0.3) is 0 Å². The number of hydrogen-bond donors (Lipinski definition) is 0. The van der Waals surface area contributed by atoms with Crippen molar-refractivity contribution in [1.29, 1.82) is 0 Å². The Balaban J connectivity index is 1.43. The first-order valence-electron chi connectivity index (χ1n) is 8.72. The molecule has 2 aliphatic heterocycles. The van der Waals surface area contributed by atoms with E-state index >= 15 is 0 Å². The van der Waals surface area contributed by atoms with Gasteiger partial charge in [-0.15, -0.1) is 0 Å². The first-order valence-corrected chi connectivity index (χ1v) is 8.72. The fourth-order valence-electron chi connectivity index (χ4n) is 3.39. The van der Waals surface area contributed by atoms with Gasteiger partial charge in [-0.25, -0.2) is 0 Å². The Labute approximate surface area is 143 Å². The summed E-state index contributed by atoms with van der Waals surface area (Å²) in [4.78, 5) is 18.2. The van der Waals surface area contributed by atoms with Crippen LogP contribution in [0.5, 0.6) is 0 Å². The predicted molar refractivity (Wildman–Crippen MR) is 88.4 cm³/mol. The van der Waals surface area contributed by atoms with E-state index in [9.17, 15) is 4.79 Å². The average molecular weight is 334 g/mol. The highest BCUT2D eigenvalue weighted by Crippen LogP contribution is 2.37. The normalized spacial score (nSPS) is 22.9. The van der Waals surface area contributed by atoms with E-state index in [2.05, 4.69) is 4.98 Å². The van der Waals surface area contributed by atoms with Gasteiger partial charge in [0.2, 0.25) is 5.91 Å². The third-order valence-corrected chi connectivity index (χ3v) is 4.83. The van der Waals surface area contributed by atoms with Crippen molar-refractivity contribution >= 4 is 5.91 Å². The van der Waals surface area contributed by atoms with Crippen molar-refractivity contribution in [1.82, 2.24) is 9.88 Å². The summed E-state index contributed by atoms with van der Waals surface area (Å²) < 4.78 is 17.2. The third-order valence-electron chi connectivity index (χ3n) is 4.83. The Hall–Kier alpha value is -1.50. The zero-order chi connectivity index (χ0) is 16.8. The highest BCUT2D eigenvalue weighted by atomic mass is 16.6. The molecule has 0 bridgehead atoms. The van der Waals surface area contributed by atoms with Crippen LogP contribution in [0.2, 0.25) is 0 Å². The molecule has 1 spiro atoms. The van der Waals surface area contributed by atoms with Gasteiger partial charge >= 0.3 is 0 Å². The number of carbonyl (C=O) groups excluding carboxylic acids is 1. The number of piperidine rings is 1. The maximum Gasteiger partial charge on any atom is 0.248 e. The summed E-state index contributed by atoms with van der Waals surface area (Å²) >= 11 is 0. The molecule has 1 atom stereocenters. The molecule has 6 heteroatoms. The van der Waals surface area contributed by atoms with Gasteiger partial charge in [-0.3, -0.25) is 9.78 Å². The lowest BCUT2D eigenvalue weighted by atomic mass is 9.88. The van der Waals surface area contributed by atoms with Crippen molar-refractivity contribution in [2.45, 2.75) is 44.5 Å². The van der Waals surface area contributed by atoms with Crippen LogP contribution in [0.4, 0.5) is 0 Å². The minimum atomic E-state index is -0.128. The summed E-state index contributed by atoms with van der Waals surface area (Å²) in [7, 11) is 0. The van der Waals surface area contributed by atoms with E-state index < -0.39 is 0 Å². The van der Waals surface area contributed by atoms with Crippen molar-refractivity contribution in [3.8, 4) is 0 Å². The molecule has 0 unspecified atom stereocenters. The van der Waals surface area contributed by atoms with Gasteiger partial charge in [-0.2, -0.15) is 0 Å². The van der Waals surface area contributed by atoms with Gasteiger partial charge in [0, 0.05) is 32.3 Å². The molecule has 1 aromatic heterocycles. The van der Waals surface area contributed by atoms with E-state index in [1.165, 1.54) is 0 Å². The molecule has 0 aromatic carbocycles. The van der Waals surface area contributed by atoms with Crippen LogP contribution >= 0.6 is 0 Å². The number of ether oxygens (including phenoxy) is 3. The highest BCUT2D eigenvalue weighted by Gasteiger charge is 2.43. The van der Waals surface area contributed by atoms with Crippen molar-refractivity contribution in [3.63, 3.8) is 0 Å². The van der Waals surface area contributed by atoms with Crippen LogP contribution in [0.25, 0.3) is 0 Å². The molecule has 6 nitrogen and oxygen atoms in total. The van der Waals surface area contributed by atoms with Gasteiger partial charge in [0.1, 0.15) is 6.61 Å². The second-order valence-electron chi connectivity index (χ2n) is 6.47. The Morgan fingerprint density at radius 3 is 2.96 bits per heavy atom. The molecular formula is C18H26N2O4. The molecule has 24 heavy (non-hydrogen) atoms. The number of aromatic nitrogens is 1. The van der Waals surface area contributed by atoms with Crippen molar-refractivity contribution in [2.24, 2.45) is 0 Å². The van der Waals surface area contributed by atoms with E-state index in [4.69, 9.17) is 14.2 Å². The SMILES string of the molecule is CCOCC(=O)N1CCC2(CC1)C[C@H](OCc1ccccn1)CO2. The third kappa shape index (κ3) is 4.32. The summed E-state index contributed by atoms with van der Waals surface area (Å²) in [5, 5.41) is 0. The standard InChI is InChI=1S/C18H26N2O4/c1-2-22-14-17(21)20-9-6-18(7-10-20)11-16(13-24-18)23-12-15-5-3-4-8-19-15/h3-5,8,16H,2,6-7,9-14H2,1H3/t16-/m0/s1. The first kappa shape index (κ1) is 17.3.